The maximum atomic E-state index is 12.9. The van der Waals surface area contributed by atoms with Crippen LogP contribution >= 0.6 is 0 Å². The molecule has 0 bridgehead atoms. The Hall–Kier alpha value is -4.41. The molecular weight excluding hydrogens is 485 g/mol. The fourth-order valence-electron chi connectivity index (χ4n) is 3.84. The largest absolute Gasteiger partial charge is 0.504 e. The van der Waals surface area contributed by atoms with E-state index in [1.807, 2.05) is 49.6 Å². The van der Waals surface area contributed by atoms with E-state index in [2.05, 4.69) is 20.6 Å². The van der Waals surface area contributed by atoms with Crippen LogP contribution in [-0.4, -0.2) is 30.4 Å². The standard InChI is InChI=1S/C26H23F3N6O2/c1-25(2,3)22-12-24(37-33-22)32-23(36)10-16-4-7-19(8-5-16)34-15-30-20-11-17(6-9-21(20)34)18-13-31-35(14-18)26(27,28)29/h4-9,11-15H,10H2,1-3H3,(H,32,36). The van der Waals surface area contributed by atoms with Gasteiger partial charge in [0.2, 0.25) is 11.8 Å². The zero-order valence-electron chi connectivity index (χ0n) is 20.2. The van der Waals surface area contributed by atoms with Crippen molar-refractivity contribution in [2.45, 2.75) is 38.9 Å². The van der Waals surface area contributed by atoms with Gasteiger partial charge < -0.3 is 4.52 Å². The van der Waals surface area contributed by atoms with Crippen molar-refractivity contribution in [2.75, 3.05) is 5.32 Å². The molecule has 1 amide bonds. The maximum Gasteiger partial charge on any atom is 0.504 e. The predicted molar refractivity (Wildman–Crippen MR) is 131 cm³/mol. The number of halogens is 3. The summed E-state index contributed by atoms with van der Waals surface area (Å²) in [4.78, 5) is 16.9. The van der Waals surface area contributed by atoms with Crippen molar-refractivity contribution in [3.05, 3.63) is 78.5 Å². The maximum absolute atomic E-state index is 12.9. The monoisotopic (exact) mass is 508 g/mol. The second-order valence-corrected chi connectivity index (χ2v) is 9.68. The van der Waals surface area contributed by atoms with Crippen LogP contribution in [0.15, 0.2) is 71.8 Å². The van der Waals surface area contributed by atoms with Crippen LogP contribution in [0.1, 0.15) is 32.0 Å². The highest BCUT2D eigenvalue weighted by Crippen LogP contribution is 2.29. The van der Waals surface area contributed by atoms with Gasteiger partial charge in [0.1, 0.15) is 6.33 Å². The zero-order chi connectivity index (χ0) is 26.4. The van der Waals surface area contributed by atoms with Crippen LogP contribution in [-0.2, 0) is 22.9 Å². The van der Waals surface area contributed by atoms with Gasteiger partial charge in [-0.2, -0.15) is 9.78 Å². The molecule has 0 radical (unpaired) electrons. The van der Waals surface area contributed by atoms with E-state index in [1.54, 1.807) is 30.6 Å². The number of imidazole rings is 1. The summed E-state index contributed by atoms with van der Waals surface area (Å²) in [5, 5.41) is 10.1. The minimum atomic E-state index is -4.57. The molecule has 11 heteroatoms. The molecule has 3 aromatic heterocycles. The molecule has 0 aliphatic carbocycles. The van der Waals surface area contributed by atoms with Crippen molar-refractivity contribution in [3.8, 4) is 16.8 Å². The molecule has 5 rings (SSSR count). The van der Waals surface area contributed by atoms with Crippen LogP contribution in [0.5, 0.6) is 0 Å². The lowest BCUT2D eigenvalue weighted by molar-refractivity contribution is -0.212. The average molecular weight is 509 g/mol. The van der Waals surface area contributed by atoms with Gasteiger partial charge in [0.15, 0.2) is 0 Å². The van der Waals surface area contributed by atoms with Crippen molar-refractivity contribution in [2.24, 2.45) is 0 Å². The number of hydrogen-bond donors (Lipinski definition) is 1. The number of nitrogens with zero attached hydrogens (tertiary/aromatic N) is 5. The van der Waals surface area contributed by atoms with Crippen molar-refractivity contribution < 1.29 is 22.5 Å². The first-order chi connectivity index (χ1) is 17.5. The Balaban J connectivity index is 1.29. The molecule has 0 spiro atoms. The molecule has 2 aromatic carbocycles. The van der Waals surface area contributed by atoms with Crippen molar-refractivity contribution in [3.63, 3.8) is 0 Å². The van der Waals surface area contributed by atoms with Gasteiger partial charge in [0, 0.05) is 28.9 Å². The summed E-state index contributed by atoms with van der Waals surface area (Å²) in [7, 11) is 0. The van der Waals surface area contributed by atoms with E-state index >= 15 is 0 Å². The second-order valence-electron chi connectivity index (χ2n) is 9.68. The van der Waals surface area contributed by atoms with Crippen LogP contribution in [0.25, 0.3) is 27.8 Å². The second kappa shape index (κ2) is 8.91. The summed E-state index contributed by atoms with van der Waals surface area (Å²) in [5.74, 6) is 0.0837. The van der Waals surface area contributed by atoms with E-state index in [1.165, 1.54) is 6.20 Å². The lowest BCUT2D eigenvalue weighted by Gasteiger charge is -2.12. The minimum Gasteiger partial charge on any atom is -0.338 e. The number of alkyl halides is 3. The van der Waals surface area contributed by atoms with Crippen LogP contribution in [0.2, 0.25) is 0 Å². The molecule has 0 fully saturated rings. The number of carbonyl (C=O) groups is 1. The van der Waals surface area contributed by atoms with Crippen LogP contribution < -0.4 is 5.32 Å². The lowest BCUT2D eigenvalue weighted by Crippen LogP contribution is -2.16. The third-order valence-corrected chi connectivity index (χ3v) is 5.84. The Labute approximate surface area is 209 Å². The van der Waals surface area contributed by atoms with Gasteiger partial charge in [-0.3, -0.25) is 14.7 Å². The number of carbonyl (C=O) groups excluding carboxylic acids is 1. The smallest absolute Gasteiger partial charge is 0.338 e. The van der Waals surface area contributed by atoms with Crippen LogP contribution in [0.3, 0.4) is 0 Å². The number of hydrogen-bond acceptors (Lipinski definition) is 5. The number of rotatable bonds is 5. The van der Waals surface area contributed by atoms with Gasteiger partial charge in [-0.1, -0.05) is 44.1 Å². The van der Waals surface area contributed by atoms with Gasteiger partial charge >= 0.3 is 6.30 Å². The molecule has 0 aliphatic heterocycles. The van der Waals surface area contributed by atoms with Gasteiger partial charge in [0.05, 0.1) is 29.3 Å². The van der Waals surface area contributed by atoms with Crippen molar-refractivity contribution in [1.82, 2.24) is 24.5 Å². The fraction of sp³-hybridized carbons (Fsp3) is 0.231. The van der Waals surface area contributed by atoms with Crippen LogP contribution in [0, 0.1) is 0 Å². The summed E-state index contributed by atoms with van der Waals surface area (Å²) in [6, 6.07) is 14.4. The van der Waals surface area contributed by atoms with Crippen molar-refractivity contribution >= 4 is 22.8 Å². The first-order valence-corrected chi connectivity index (χ1v) is 11.4. The molecule has 1 N–H and O–H groups in total. The van der Waals surface area contributed by atoms with Gasteiger partial charge in [-0.05, 0) is 35.4 Å². The predicted octanol–water partition coefficient (Wildman–Crippen LogP) is 5.83. The molecule has 3 heterocycles. The molecule has 0 unspecified atom stereocenters. The first-order valence-electron chi connectivity index (χ1n) is 11.4. The van der Waals surface area contributed by atoms with Gasteiger partial charge in [-0.15, -0.1) is 13.2 Å². The Morgan fingerprint density at radius 1 is 1.03 bits per heavy atom. The topological polar surface area (TPSA) is 90.8 Å². The quantitative estimate of drug-likeness (QED) is 0.323. The summed E-state index contributed by atoms with van der Waals surface area (Å²) < 4.78 is 45.6. The van der Waals surface area contributed by atoms with Gasteiger partial charge in [0.25, 0.3) is 0 Å². The van der Waals surface area contributed by atoms with E-state index in [-0.39, 0.29) is 22.4 Å². The highest BCUT2D eigenvalue weighted by atomic mass is 19.4. The zero-order valence-corrected chi connectivity index (χ0v) is 20.2. The fourth-order valence-corrected chi connectivity index (χ4v) is 3.84. The minimum absolute atomic E-state index is 0.0262. The first kappa shape index (κ1) is 24.3. The van der Waals surface area contributed by atoms with E-state index in [4.69, 9.17) is 4.52 Å². The average Bonchev–Trinajstić information content (AvgIpc) is 3.58. The Morgan fingerprint density at radius 2 is 1.78 bits per heavy atom. The lowest BCUT2D eigenvalue weighted by atomic mass is 9.92. The molecule has 0 saturated heterocycles. The Morgan fingerprint density at radius 3 is 2.43 bits per heavy atom. The normalized spacial score (nSPS) is 12.3. The van der Waals surface area contributed by atoms with Crippen LogP contribution in [0.4, 0.5) is 19.1 Å². The summed E-state index contributed by atoms with van der Waals surface area (Å²) in [6.45, 7) is 6.02. The SMILES string of the molecule is CC(C)(C)c1cc(NC(=O)Cc2ccc(-n3cnc4cc(-c5cnn(C(F)(F)F)c5)ccc43)cc2)on1. The molecule has 37 heavy (non-hydrogen) atoms. The number of fused-ring (bicyclic) bond motifs is 1. The summed E-state index contributed by atoms with van der Waals surface area (Å²) >= 11 is 0. The summed E-state index contributed by atoms with van der Waals surface area (Å²) in [5.41, 5.74) is 4.55. The number of nitrogens with one attached hydrogen (secondary N) is 1. The van der Waals surface area contributed by atoms with E-state index in [9.17, 15) is 18.0 Å². The van der Waals surface area contributed by atoms with Crippen molar-refractivity contribution in [1.29, 1.82) is 0 Å². The molecule has 0 saturated carbocycles. The van der Waals surface area contributed by atoms with Gasteiger partial charge in [-0.25, -0.2) is 4.98 Å². The summed E-state index contributed by atoms with van der Waals surface area (Å²) in [6.07, 6.45) is -0.647. The highest BCUT2D eigenvalue weighted by Gasteiger charge is 2.31. The number of amides is 1. The highest BCUT2D eigenvalue weighted by molar-refractivity contribution is 5.91. The third-order valence-electron chi connectivity index (χ3n) is 5.84. The molecular formula is C26H23F3N6O2. The van der Waals surface area contributed by atoms with E-state index < -0.39 is 6.30 Å². The molecule has 190 valence electrons. The molecule has 8 nitrogen and oxygen atoms in total. The van der Waals surface area contributed by atoms with E-state index in [0.717, 1.165) is 28.7 Å². The Bertz CT molecular complexity index is 1570. The third kappa shape index (κ3) is 5.11. The number of anilines is 1. The Kier molecular flexibility index (Phi) is 5.85. The molecule has 0 atom stereocenters. The van der Waals surface area contributed by atoms with E-state index in [0.29, 0.717) is 22.5 Å². The number of benzene rings is 2. The molecule has 0 aliphatic rings. The number of aromatic nitrogens is 5. The molecule has 5 aromatic rings.